The number of ketones is 1. The lowest BCUT2D eigenvalue weighted by atomic mass is 10.1. The number of rotatable bonds is 6. The van der Waals surface area contributed by atoms with E-state index >= 15 is 0 Å². The van der Waals surface area contributed by atoms with Gasteiger partial charge in [0.25, 0.3) is 5.91 Å². The molecule has 1 N–H and O–H groups in total. The molecular weight excluding hydrogens is 350 g/mol. The number of hydrogen-bond donors (Lipinski definition) is 1. The fourth-order valence-electron chi connectivity index (χ4n) is 2.36. The van der Waals surface area contributed by atoms with Crippen LogP contribution in [-0.2, 0) is 14.3 Å². The van der Waals surface area contributed by atoms with Gasteiger partial charge in [-0.2, -0.15) is 0 Å². The van der Waals surface area contributed by atoms with Crippen molar-refractivity contribution >= 4 is 29.3 Å². The molecule has 0 bridgehead atoms. The number of ether oxygens (including phenoxy) is 2. The van der Waals surface area contributed by atoms with E-state index in [0.717, 1.165) is 0 Å². The molecular formula is C20H19NO6. The summed E-state index contributed by atoms with van der Waals surface area (Å²) < 4.78 is 9.80. The van der Waals surface area contributed by atoms with Crippen molar-refractivity contribution in [3.8, 4) is 0 Å². The maximum Gasteiger partial charge on any atom is 0.339 e. The molecule has 2 rings (SSSR count). The molecule has 140 valence electrons. The van der Waals surface area contributed by atoms with E-state index in [-0.39, 0.29) is 16.9 Å². The molecule has 0 heterocycles. The summed E-state index contributed by atoms with van der Waals surface area (Å²) in [6.45, 7) is 2.78. The third-order valence-electron chi connectivity index (χ3n) is 3.77. The van der Waals surface area contributed by atoms with Crippen molar-refractivity contribution in [1.29, 1.82) is 0 Å². The van der Waals surface area contributed by atoms with Gasteiger partial charge in [0, 0.05) is 5.56 Å². The first kappa shape index (κ1) is 19.8. The fraction of sp³-hybridized carbons (Fsp3) is 0.200. The first-order valence-electron chi connectivity index (χ1n) is 8.14. The van der Waals surface area contributed by atoms with Crippen molar-refractivity contribution in [2.45, 2.75) is 20.0 Å². The number of esters is 2. The summed E-state index contributed by atoms with van der Waals surface area (Å²) in [6, 6.07) is 12.5. The molecule has 0 aliphatic carbocycles. The average molecular weight is 369 g/mol. The summed E-state index contributed by atoms with van der Waals surface area (Å²) in [7, 11) is 1.20. The number of Topliss-reactive ketones (excluding diaryl/α,β-unsaturated/α-hetero) is 1. The van der Waals surface area contributed by atoms with Crippen LogP contribution < -0.4 is 5.32 Å². The standard InChI is InChI=1S/C20H19NO6/c1-12(22)14-8-6-7-11-17(14)21-18(23)13(2)27-20(25)16-10-5-4-9-15(16)19(24)26-3/h4-11,13H,1-3H3,(H,21,23). The maximum absolute atomic E-state index is 12.4. The fourth-order valence-corrected chi connectivity index (χ4v) is 2.36. The third-order valence-corrected chi connectivity index (χ3v) is 3.77. The number of carbonyl (C=O) groups is 4. The Morgan fingerprint density at radius 3 is 1.93 bits per heavy atom. The Kier molecular flexibility index (Phi) is 6.43. The molecule has 1 atom stereocenters. The Bertz CT molecular complexity index is 890. The first-order chi connectivity index (χ1) is 12.8. The van der Waals surface area contributed by atoms with E-state index in [1.54, 1.807) is 36.4 Å². The molecule has 0 aliphatic heterocycles. The highest BCUT2D eigenvalue weighted by molar-refractivity contribution is 6.06. The van der Waals surface area contributed by atoms with E-state index in [9.17, 15) is 19.2 Å². The summed E-state index contributed by atoms with van der Waals surface area (Å²) >= 11 is 0. The lowest BCUT2D eigenvalue weighted by Gasteiger charge is -2.15. The van der Waals surface area contributed by atoms with E-state index in [4.69, 9.17) is 4.74 Å². The lowest BCUT2D eigenvalue weighted by Crippen LogP contribution is -2.31. The van der Waals surface area contributed by atoms with E-state index in [1.165, 1.54) is 33.1 Å². The zero-order valence-electron chi connectivity index (χ0n) is 15.1. The summed E-state index contributed by atoms with van der Waals surface area (Å²) in [5.41, 5.74) is 0.709. The van der Waals surface area contributed by atoms with Crippen LogP contribution >= 0.6 is 0 Å². The van der Waals surface area contributed by atoms with Gasteiger partial charge in [-0.1, -0.05) is 24.3 Å². The molecule has 27 heavy (non-hydrogen) atoms. The molecule has 0 aromatic heterocycles. The van der Waals surface area contributed by atoms with Gasteiger partial charge in [-0.3, -0.25) is 9.59 Å². The van der Waals surface area contributed by atoms with Crippen molar-refractivity contribution in [2.24, 2.45) is 0 Å². The number of benzene rings is 2. The minimum absolute atomic E-state index is 0.00636. The van der Waals surface area contributed by atoms with Crippen LogP contribution in [0.1, 0.15) is 44.9 Å². The maximum atomic E-state index is 12.4. The molecule has 0 fully saturated rings. The number of para-hydroxylation sites is 1. The highest BCUT2D eigenvalue weighted by atomic mass is 16.5. The number of carbonyl (C=O) groups excluding carboxylic acids is 4. The molecule has 2 aromatic rings. The Hall–Kier alpha value is -3.48. The van der Waals surface area contributed by atoms with Gasteiger partial charge >= 0.3 is 11.9 Å². The van der Waals surface area contributed by atoms with Gasteiger partial charge in [0.2, 0.25) is 0 Å². The van der Waals surface area contributed by atoms with E-state index in [0.29, 0.717) is 11.3 Å². The summed E-state index contributed by atoms with van der Waals surface area (Å²) in [6.07, 6.45) is -1.15. The van der Waals surface area contributed by atoms with E-state index in [2.05, 4.69) is 10.1 Å². The average Bonchev–Trinajstić information content (AvgIpc) is 2.67. The summed E-state index contributed by atoms with van der Waals surface area (Å²) in [5, 5.41) is 2.57. The van der Waals surface area contributed by atoms with Crippen molar-refractivity contribution in [3.05, 3.63) is 65.2 Å². The van der Waals surface area contributed by atoms with Crippen LogP contribution in [0.25, 0.3) is 0 Å². The molecule has 0 aliphatic rings. The number of hydrogen-bond acceptors (Lipinski definition) is 6. The zero-order chi connectivity index (χ0) is 20.0. The molecule has 7 nitrogen and oxygen atoms in total. The Morgan fingerprint density at radius 2 is 1.37 bits per heavy atom. The number of methoxy groups -OCH3 is 1. The van der Waals surface area contributed by atoms with Crippen LogP contribution in [0.5, 0.6) is 0 Å². The second kappa shape index (κ2) is 8.75. The van der Waals surface area contributed by atoms with Crippen LogP contribution in [0.3, 0.4) is 0 Å². The van der Waals surface area contributed by atoms with Crippen molar-refractivity contribution < 1.29 is 28.7 Å². The van der Waals surface area contributed by atoms with Crippen molar-refractivity contribution in [2.75, 3.05) is 12.4 Å². The summed E-state index contributed by atoms with van der Waals surface area (Å²) in [5.74, 6) is -2.33. The van der Waals surface area contributed by atoms with Crippen LogP contribution in [-0.4, -0.2) is 36.8 Å². The summed E-state index contributed by atoms with van der Waals surface area (Å²) in [4.78, 5) is 48.1. The molecule has 0 radical (unpaired) electrons. The van der Waals surface area contributed by atoms with Gasteiger partial charge in [0.1, 0.15) is 0 Å². The molecule has 0 saturated carbocycles. The van der Waals surface area contributed by atoms with Crippen LogP contribution in [0, 0.1) is 0 Å². The molecule has 0 saturated heterocycles. The SMILES string of the molecule is COC(=O)c1ccccc1C(=O)OC(C)C(=O)Nc1ccccc1C(C)=O. The lowest BCUT2D eigenvalue weighted by molar-refractivity contribution is -0.123. The largest absolute Gasteiger partial charge is 0.465 e. The number of nitrogens with one attached hydrogen (secondary N) is 1. The Labute approximate surface area is 156 Å². The number of amides is 1. The van der Waals surface area contributed by atoms with E-state index in [1.807, 2.05) is 0 Å². The smallest absolute Gasteiger partial charge is 0.339 e. The second-order valence-electron chi connectivity index (χ2n) is 5.68. The van der Waals surface area contributed by atoms with Gasteiger partial charge < -0.3 is 14.8 Å². The molecule has 2 aromatic carbocycles. The van der Waals surface area contributed by atoms with Crippen LogP contribution in [0.15, 0.2) is 48.5 Å². The normalized spacial score (nSPS) is 11.2. The minimum Gasteiger partial charge on any atom is -0.465 e. The van der Waals surface area contributed by atoms with Crippen molar-refractivity contribution in [1.82, 2.24) is 0 Å². The molecule has 7 heteroatoms. The highest BCUT2D eigenvalue weighted by Gasteiger charge is 2.23. The Morgan fingerprint density at radius 1 is 0.852 bits per heavy atom. The first-order valence-corrected chi connectivity index (χ1v) is 8.14. The quantitative estimate of drug-likeness (QED) is 0.621. The molecule has 1 amide bonds. The number of anilines is 1. The van der Waals surface area contributed by atoms with Crippen LogP contribution in [0.2, 0.25) is 0 Å². The van der Waals surface area contributed by atoms with Crippen molar-refractivity contribution in [3.63, 3.8) is 0 Å². The highest BCUT2D eigenvalue weighted by Crippen LogP contribution is 2.17. The second-order valence-corrected chi connectivity index (χ2v) is 5.68. The van der Waals surface area contributed by atoms with Gasteiger partial charge in [0.15, 0.2) is 11.9 Å². The van der Waals surface area contributed by atoms with E-state index < -0.39 is 23.9 Å². The predicted molar refractivity (Wildman–Crippen MR) is 97.7 cm³/mol. The molecule has 0 spiro atoms. The Balaban J connectivity index is 2.13. The third kappa shape index (κ3) is 4.78. The zero-order valence-corrected chi connectivity index (χ0v) is 15.1. The van der Waals surface area contributed by atoms with Gasteiger partial charge in [-0.25, -0.2) is 9.59 Å². The monoisotopic (exact) mass is 369 g/mol. The minimum atomic E-state index is -1.15. The topological polar surface area (TPSA) is 98.8 Å². The predicted octanol–water partition coefficient (Wildman–Crippen LogP) is 2.86. The molecule has 1 unspecified atom stereocenters. The van der Waals surface area contributed by atoms with Crippen LogP contribution in [0.4, 0.5) is 5.69 Å². The van der Waals surface area contributed by atoms with Gasteiger partial charge in [-0.15, -0.1) is 0 Å². The van der Waals surface area contributed by atoms with Gasteiger partial charge in [-0.05, 0) is 38.1 Å². The van der Waals surface area contributed by atoms with Gasteiger partial charge in [0.05, 0.1) is 23.9 Å².